The Bertz CT molecular complexity index is 650. The van der Waals surface area contributed by atoms with Crippen LogP contribution in [0.5, 0.6) is 5.75 Å². The number of hydrogen-bond donors (Lipinski definition) is 1. The minimum atomic E-state index is 0.478. The number of nitrogens with zero attached hydrogens (tertiary/aromatic N) is 3. The van der Waals surface area contributed by atoms with Gasteiger partial charge in [-0.2, -0.15) is 0 Å². The highest BCUT2D eigenvalue weighted by Gasteiger charge is 2.19. The third-order valence-corrected chi connectivity index (χ3v) is 4.39. The van der Waals surface area contributed by atoms with E-state index in [1.54, 1.807) is 7.11 Å². The first-order chi connectivity index (χ1) is 10.7. The number of aryl methyl sites for hydroxylation is 1. The molecule has 1 aliphatic rings. The number of rotatable bonds is 4. The van der Waals surface area contributed by atoms with E-state index < -0.39 is 0 Å². The SMILES string of the molecule is CCN1CCC(Nc2nc(C)nc3ccc(OC)cc23)CC1. The van der Waals surface area contributed by atoms with E-state index in [-0.39, 0.29) is 0 Å². The maximum atomic E-state index is 5.34. The number of anilines is 1. The summed E-state index contributed by atoms with van der Waals surface area (Å²) in [7, 11) is 1.68. The zero-order valence-corrected chi connectivity index (χ0v) is 13.6. The first-order valence-electron chi connectivity index (χ1n) is 8.01. The fraction of sp³-hybridized carbons (Fsp3) is 0.529. The molecular weight excluding hydrogens is 276 g/mol. The largest absolute Gasteiger partial charge is 0.497 e. The molecule has 1 saturated heterocycles. The van der Waals surface area contributed by atoms with Crippen LogP contribution >= 0.6 is 0 Å². The standard InChI is InChI=1S/C17H24N4O/c1-4-21-9-7-13(8-10-21)20-17-15-11-14(22-3)5-6-16(15)18-12(2)19-17/h5-6,11,13H,4,7-10H2,1-3H3,(H,18,19,20). The smallest absolute Gasteiger partial charge is 0.137 e. The second-order valence-electron chi connectivity index (χ2n) is 5.86. The zero-order valence-electron chi connectivity index (χ0n) is 13.6. The van der Waals surface area contributed by atoms with Gasteiger partial charge in [0.2, 0.25) is 0 Å². The van der Waals surface area contributed by atoms with Crippen LogP contribution in [0.2, 0.25) is 0 Å². The summed E-state index contributed by atoms with van der Waals surface area (Å²) in [6.07, 6.45) is 2.31. The summed E-state index contributed by atoms with van der Waals surface area (Å²) in [4.78, 5) is 11.6. The van der Waals surface area contributed by atoms with Gasteiger partial charge < -0.3 is 15.0 Å². The summed E-state index contributed by atoms with van der Waals surface area (Å²) >= 11 is 0. The maximum Gasteiger partial charge on any atom is 0.137 e. The fourth-order valence-electron chi connectivity index (χ4n) is 3.05. The Hall–Kier alpha value is -1.88. The zero-order chi connectivity index (χ0) is 15.5. The minimum absolute atomic E-state index is 0.478. The monoisotopic (exact) mass is 300 g/mol. The Balaban J connectivity index is 1.86. The van der Waals surface area contributed by atoms with E-state index in [0.29, 0.717) is 6.04 Å². The predicted octanol–water partition coefficient (Wildman–Crippen LogP) is 2.84. The van der Waals surface area contributed by atoms with Crippen LogP contribution in [0.4, 0.5) is 5.82 Å². The summed E-state index contributed by atoms with van der Waals surface area (Å²) in [5.41, 5.74) is 0.960. The van der Waals surface area contributed by atoms with Gasteiger partial charge in [-0.05, 0) is 44.5 Å². The third kappa shape index (κ3) is 3.14. The number of hydrogen-bond acceptors (Lipinski definition) is 5. The molecule has 5 heteroatoms. The molecule has 0 bridgehead atoms. The van der Waals surface area contributed by atoms with Gasteiger partial charge in [0, 0.05) is 24.5 Å². The molecule has 1 aromatic heterocycles. The van der Waals surface area contributed by atoms with Crippen LogP contribution in [0.3, 0.4) is 0 Å². The number of methoxy groups -OCH3 is 1. The van der Waals surface area contributed by atoms with Crippen LogP contribution in [0.15, 0.2) is 18.2 Å². The van der Waals surface area contributed by atoms with Gasteiger partial charge in [-0.3, -0.25) is 0 Å². The molecule has 0 radical (unpaired) electrons. The molecule has 0 saturated carbocycles. The van der Waals surface area contributed by atoms with Gasteiger partial charge >= 0.3 is 0 Å². The van der Waals surface area contributed by atoms with Crippen LogP contribution in [0, 0.1) is 6.92 Å². The molecule has 3 rings (SSSR count). The fourth-order valence-corrected chi connectivity index (χ4v) is 3.05. The average Bonchev–Trinajstić information content (AvgIpc) is 2.55. The van der Waals surface area contributed by atoms with Crippen molar-refractivity contribution in [1.82, 2.24) is 14.9 Å². The molecule has 0 atom stereocenters. The number of fused-ring (bicyclic) bond motifs is 1. The lowest BCUT2D eigenvalue weighted by atomic mass is 10.0. The molecule has 1 aliphatic heterocycles. The molecule has 0 spiro atoms. The molecule has 22 heavy (non-hydrogen) atoms. The highest BCUT2D eigenvalue weighted by Crippen LogP contribution is 2.26. The van der Waals surface area contributed by atoms with Crippen molar-refractivity contribution in [2.24, 2.45) is 0 Å². The Labute approximate surface area is 131 Å². The Morgan fingerprint density at radius 1 is 1.27 bits per heavy atom. The second-order valence-corrected chi connectivity index (χ2v) is 5.86. The van der Waals surface area contributed by atoms with Gasteiger partial charge in [-0.15, -0.1) is 0 Å². The number of ether oxygens (including phenoxy) is 1. The van der Waals surface area contributed by atoms with Crippen molar-refractivity contribution >= 4 is 16.7 Å². The predicted molar refractivity (Wildman–Crippen MR) is 89.6 cm³/mol. The Morgan fingerprint density at radius 2 is 2.05 bits per heavy atom. The summed E-state index contributed by atoms with van der Waals surface area (Å²) in [6, 6.07) is 6.43. The lowest BCUT2D eigenvalue weighted by Gasteiger charge is -2.32. The number of piperidine rings is 1. The van der Waals surface area contributed by atoms with Gasteiger partial charge in [0.1, 0.15) is 17.4 Å². The first kappa shape index (κ1) is 15.0. The van der Waals surface area contributed by atoms with Crippen molar-refractivity contribution < 1.29 is 4.74 Å². The van der Waals surface area contributed by atoms with Crippen LogP contribution < -0.4 is 10.1 Å². The quantitative estimate of drug-likeness (QED) is 0.941. The number of aromatic nitrogens is 2. The normalized spacial score (nSPS) is 16.9. The lowest BCUT2D eigenvalue weighted by molar-refractivity contribution is 0.229. The van der Waals surface area contributed by atoms with Crippen LogP contribution in [-0.2, 0) is 0 Å². The lowest BCUT2D eigenvalue weighted by Crippen LogP contribution is -2.39. The van der Waals surface area contributed by atoms with Gasteiger partial charge in [-0.25, -0.2) is 9.97 Å². The molecule has 1 fully saturated rings. The topological polar surface area (TPSA) is 50.3 Å². The molecule has 5 nitrogen and oxygen atoms in total. The van der Waals surface area contributed by atoms with Crippen molar-refractivity contribution in [1.29, 1.82) is 0 Å². The van der Waals surface area contributed by atoms with Crippen molar-refractivity contribution in [3.63, 3.8) is 0 Å². The summed E-state index contributed by atoms with van der Waals surface area (Å²) in [6.45, 7) is 7.61. The highest BCUT2D eigenvalue weighted by atomic mass is 16.5. The molecule has 0 amide bonds. The van der Waals surface area contributed by atoms with Crippen molar-refractivity contribution in [2.75, 3.05) is 32.1 Å². The first-order valence-corrected chi connectivity index (χ1v) is 8.01. The summed E-state index contributed by atoms with van der Waals surface area (Å²) in [5, 5.41) is 4.66. The van der Waals surface area contributed by atoms with E-state index in [4.69, 9.17) is 4.74 Å². The van der Waals surface area contributed by atoms with E-state index in [1.807, 2.05) is 25.1 Å². The summed E-state index contributed by atoms with van der Waals surface area (Å²) < 4.78 is 5.34. The molecule has 1 N–H and O–H groups in total. The Kier molecular flexibility index (Phi) is 4.43. The minimum Gasteiger partial charge on any atom is -0.497 e. The van der Waals surface area contributed by atoms with E-state index in [0.717, 1.165) is 60.8 Å². The number of likely N-dealkylation sites (tertiary alicyclic amines) is 1. The van der Waals surface area contributed by atoms with Gasteiger partial charge in [0.25, 0.3) is 0 Å². The second kappa shape index (κ2) is 6.48. The molecule has 2 heterocycles. The van der Waals surface area contributed by atoms with E-state index in [2.05, 4.69) is 27.1 Å². The van der Waals surface area contributed by atoms with Crippen LogP contribution in [0.1, 0.15) is 25.6 Å². The van der Waals surface area contributed by atoms with Crippen molar-refractivity contribution in [3.05, 3.63) is 24.0 Å². The molecule has 2 aromatic rings. The van der Waals surface area contributed by atoms with Crippen molar-refractivity contribution in [2.45, 2.75) is 32.7 Å². The highest BCUT2D eigenvalue weighted by molar-refractivity contribution is 5.90. The van der Waals surface area contributed by atoms with E-state index in [9.17, 15) is 0 Å². The molecular formula is C17H24N4O. The third-order valence-electron chi connectivity index (χ3n) is 4.39. The van der Waals surface area contributed by atoms with Gasteiger partial charge in [0.15, 0.2) is 0 Å². The average molecular weight is 300 g/mol. The number of benzene rings is 1. The molecule has 0 aliphatic carbocycles. The molecule has 1 aromatic carbocycles. The summed E-state index contributed by atoms with van der Waals surface area (Å²) in [5.74, 6) is 2.56. The van der Waals surface area contributed by atoms with Crippen LogP contribution in [-0.4, -0.2) is 47.7 Å². The van der Waals surface area contributed by atoms with Crippen molar-refractivity contribution in [3.8, 4) is 5.75 Å². The maximum absolute atomic E-state index is 5.34. The van der Waals surface area contributed by atoms with Crippen LogP contribution in [0.25, 0.3) is 10.9 Å². The molecule has 0 unspecified atom stereocenters. The van der Waals surface area contributed by atoms with E-state index in [1.165, 1.54) is 0 Å². The molecule has 118 valence electrons. The van der Waals surface area contributed by atoms with E-state index >= 15 is 0 Å². The number of nitrogens with one attached hydrogen (secondary N) is 1. The van der Waals surface area contributed by atoms with Gasteiger partial charge in [-0.1, -0.05) is 6.92 Å². The Morgan fingerprint density at radius 3 is 2.73 bits per heavy atom. The van der Waals surface area contributed by atoms with Gasteiger partial charge in [0.05, 0.1) is 12.6 Å².